The van der Waals surface area contributed by atoms with Gasteiger partial charge in [-0.3, -0.25) is 0 Å². The molecule has 0 aliphatic heterocycles. The molecule has 0 spiro atoms. The summed E-state index contributed by atoms with van der Waals surface area (Å²) in [6.07, 6.45) is 6.85. The predicted molar refractivity (Wildman–Crippen MR) is 58.4 cm³/mol. The molecule has 1 N–H and O–H groups in total. The Bertz CT molecular complexity index is 409. The fourth-order valence-corrected chi connectivity index (χ4v) is 3.87. The maximum Gasteiger partial charge on any atom is 0.333 e. The average Bonchev–Trinajstić information content (AvgIpc) is 2.85. The van der Waals surface area contributed by atoms with Crippen molar-refractivity contribution < 1.29 is 14.6 Å². The summed E-state index contributed by atoms with van der Waals surface area (Å²) < 4.78 is 4.78. The molecule has 0 saturated heterocycles. The van der Waals surface area contributed by atoms with Crippen molar-refractivity contribution >= 4 is 5.97 Å². The Morgan fingerprint density at radius 1 is 1.62 bits per heavy atom. The quantitative estimate of drug-likeness (QED) is 0.535. The minimum absolute atomic E-state index is 0.0301. The van der Waals surface area contributed by atoms with Gasteiger partial charge in [0, 0.05) is 17.4 Å². The number of hydrogen-bond acceptors (Lipinski definition) is 3. The van der Waals surface area contributed by atoms with Gasteiger partial charge in [0.05, 0.1) is 13.2 Å². The molecule has 0 aromatic carbocycles. The van der Waals surface area contributed by atoms with Crippen LogP contribution in [-0.2, 0) is 9.53 Å². The zero-order chi connectivity index (χ0) is 11.5. The summed E-state index contributed by atoms with van der Waals surface area (Å²) in [5.41, 5.74) is 0.730. The molecule has 0 aromatic heterocycles. The molecular formula is C13H16O3. The number of rotatable bonds is 1. The highest BCUT2D eigenvalue weighted by Crippen LogP contribution is 2.62. The Morgan fingerprint density at radius 2 is 2.38 bits per heavy atom. The van der Waals surface area contributed by atoms with Crippen LogP contribution in [0.4, 0.5) is 0 Å². The van der Waals surface area contributed by atoms with E-state index in [0.29, 0.717) is 11.5 Å². The van der Waals surface area contributed by atoms with Gasteiger partial charge in [-0.15, -0.1) is 0 Å². The van der Waals surface area contributed by atoms with Gasteiger partial charge in [0.25, 0.3) is 0 Å². The Hall–Kier alpha value is -1.09. The average molecular weight is 220 g/mol. The molecule has 3 aliphatic carbocycles. The van der Waals surface area contributed by atoms with Crippen molar-refractivity contribution in [3.8, 4) is 0 Å². The lowest BCUT2D eigenvalue weighted by Gasteiger charge is -2.33. The van der Waals surface area contributed by atoms with Crippen molar-refractivity contribution in [1.29, 1.82) is 0 Å². The van der Waals surface area contributed by atoms with Crippen LogP contribution in [0.5, 0.6) is 0 Å². The number of aliphatic hydroxyl groups is 1. The number of ether oxygens (including phenoxy) is 1. The van der Waals surface area contributed by atoms with Gasteiger partial charge in [-0.25, -0.2) is 4.79 Å². The monoisotopic (exact) mass is 220 g/mol. The lowest BCUT2D eigenvalue weighted by molar-refractivity contribution is -0.137. The zero-order valence-electron chi connectivity index (χ0n) is 9.51. The first-order valence-electron chi connectivity index (χ1n) is 5.75. The molecule has 0 unspecified atom stereocenters. The number of carbonyl (C=O) groups is 1. The third-order valence-corrected chi connectivity index (χ3v) is 4.69. The van der Waals surface area contributed by atoms with E-state index in [1.54, 1.807) is 0 Å². The maximum absolute atomic E-state index is 11.6. The third-order valence-electron chi connectivity index (χ3n) is 4.69. The molecule has 0 amide bonds. The molecule has 3 aliphatic rings. The molecule has 3 rings (SSSR count). The van der Waals surface area contributed by atoms with E-state index < -0.39 is 6.10 Å². The highest BCUT2D eigenvalue weighted by atomic mass is 16.5. The summed E-state index contributed by atoms with van der Waals surface area (Å²) in [5.74, 6) is 0.139. The second-order valence-electron chi connectivity index (χ2n) is 5.27. The Morgan fingerprint density at radius 3 is 3.06 bits per heavy atom. The first-order valence-corrected chi connectivity index (χ1v) is 5.75. The van der Waals surface area contributed by atoms with Crippen molar-refractivity contribution in [3.63, 3.8) is 0 Å². The zero-order valence-corrected chi connectivity index (χ0v) is 9.51. The van der Waals surface area contributed by atoms with Gasteiger partial charge in [0.2, 0.25) is 0 Å². The summed E-state index contributed by atoms with van der Waals surface area (Å²) in [5, 5.41) is 10.2. The van der Waals surface area contributed by atoms with Gasteiger partial charge in [-0.2, -0.15) is 0 Å². The SMILES string of the molecule is COC(=O)C1=C[C@@H]2[C@H](O)[C@H]1[C@@H]1CC=C[C@]21C. The highest BCUT2D eigenvalue weighted by Gasteiger charge is 2.62. The fraction of sp³-hybridized carbons (Fsp3) is 0.615. The second-order valence-corrected chi connectivity index (χ2v) is 5.27. The van der Waals surface area contributed by atoms with Crippen molar-refractivity contribution in [3.05, 3.63) is 23.8 Å². The number of fused-ring (bicyclic) bond motifs is 5. The van der Waals surface area contributed by atoms with Crippen LogP contribution in [0.1, 0.15) is 13.3 Å². The number of hydrogen-bond donors (Lipinski definition) is 1. The Labute approximate surface area is 94.8 Å². The van der Waals surface area contributed by atoms with Gasteiger partial charge in [-0.05, 0) is 17.8 Å². The van der Waals surface area contributed by atoms with Crippen molar-refractivity contribution in [2.24, 2.45) is 23.2 Å². The van der Waals surface area contributed by atoms with Crippen molar-refractivity contribution in [1.82, 2.24) is 0 Å². The molecular weight excluding hydrogens is 204 g/mol. The van der Waals surface area contributed by atoms with Crippen LogP contribution >= 0.6 is 0 Å². The van der Waals surface area contributed by atoms with Gasteiger partial charge >= 0.3 is 5.97 Å². The number of aliphatic hydroxyl groups excluding tert-OH is 1. The van der Waals surface area contributed by atoms with E-state index in [-0.39, 0.29) is 23.2 Å². The van der Waals surface area contributed by atoms with E-state index in [1.807, 2.05) is 6.08 Å². The normalized spacial score (nSPS) is 48.1. The van der Waals surface area contributed by atoms with Crippen LogP contribution in [0, 0.1) is 23.2 Å². The topological polar surface area (TPSA) is 46.5 Å². The fourth-order valence-electron chi connectivity index (χ4n) is 3.87. The van der Waals surface area contributed by atoms with Gasteiger partial charge in [0.15, 0.2) is 0 Å². The molecule has 16 heavy (non-hydrogen) atoms. The lowest BCUT2D eigenvalue weighted by atomic mass is 9.70. The largest absolute Gasteiger partial charge is 0.466 e. The standard InChI is InChI=1S/C13H16O3/c1-13-5-3-4-8(13)10-7(12(15)16-2)6-9(13)11(10)14/h3,5-6,8-11,14H,4H2,1-2H3/t8-,9+,10+,11-,13-/m0/s1. The molecule has 1 fully saturated rings. The van der Waals surface area contributed by atoms with Gasteiger partial charge in [-0.1, -0.05) is 25.2 Å². The van der Waals surface area contributed by atoms with Gasteiger partial charge in [0.1, 0.15) is 0 Å². The maximum atomic E-state index is 11.6. The first-order chi connectivity index (χ1) is 7.59. The van der Waals surface area contributed by atoms with E-state index in [0.717, 1.165) is 6.42 Å². The van der Waals surface area contributed by atoms with E-state index in [2.05, 4.69) is 19.1 Å². The number of methoxy groups -OCH3 is 1. The van der Waals surface area contributed by atoms with Crippen LogP contribution in [0.15, 0.2) is 23.8 Å². The van der Waals surface area contributed by atoms with Crippen LogP contribution in [-0.4, -0.2) is 24.3 Å². The molecule has 3 nitrogen and oxygen atoms in total. The Balaban J connectivity index is 2.02. The number of carbonyl (C=O) groups excluding carboxylic acids is 1. The van der Waals surface area contributed by atoms with E-state index in [9.17, 15) is 9.90 Å². The van der Waals surface area contributed by atoms with Crippen LogP contribution < -0.4 is 0 Å². The highest BCUT2D eigenvalue weighted by molar-refractivity contribution is 5.90. The molecule has 0 heterocycles. The molecule has 2 bridgehead atoms. The summed E-state index contributed by atoms with van der Waals surface area (Å²) in [6, 6.07) is 0. The first kappa shape index (κ1) is 10.1. The van der Waals surface area contributed by atoms with E-state index in [4.69, 9.17) is 4.74 Å². The van der Waals surface area contributed by atoms with Crippen LogP contribution in [0.3, 0.4) is 0 Å². The van der Waals surface area contributed by atoms with Crippen LogP contribution in [0.2, 0.25) is 0 Å². The Kier molecular flexibility index (Phi) is 1.88. The molecule has 3 heteroatoms. The molecule has 5 atom stereocenters. The van der Waals surface area contributed by atoms with E-state index >= 15 is 0 Å². The lowest BCUT2D eigenvalue weighted by Crippen LogP contribution is -2.29. The number of allylic oxidation sites excluding steroid dienone is 2. The minimum Gasteiger partial charge on any atom is -0.466 e. The number of esters is 1. The van der Waals surface area contributed by atoms with Crippen LogP contribution in [0.25, 0.3) is 0 Å². The summed E-state index contributed by atoms with van der Waals surface area (Å²) in [4.78, 5) is 11.6. The third kappa shape index (κ3) is 0.950. The molecule has 0 aromatic rings. The molecule has 1 saturated carbocycles. The van der Waals surface area contributed by atoms with Gasteiger partial charge < -0.3 is 9.84 Å². The summed E-state index contributed by atoms with van der Waals surface area (Å²) in [6.45, 7) is 2.18. The summed E-state index contributed by atoms with van der Waals surface area (Å²) >= 11 is 0. The molecule has 0 radical (unpaired) electrons. The predicted octanol–water partition coefficient (Wildman–Crippen LogP) is 1.29. The van der Waals surface area contributed by atoms with Crippen molar-refractivity contribution in [2.75, 3.05) is 7.11 Å². The van der Waals surface area contributed by atoms with E-state index in [1.165, 1.54) is 7.11 Å². The minimum atomic E-state index is -0.408. The summed E-state index contributed by atoms with van der Waals surface area (Å²) in [7, 11) is 1.40. The smallest absolute Gasteiger partial charge is 0.333 e. The second kappa shape index (κ2) is 2.98. The molecule has 86 valence electrons. The van der Waals surface area contributed by atoms with Crippen molar-refractivity contribution in [2.45, 2.75) is 19.4 Å².